The van der Waals surface area contributed by atoms with Crippen molar-refractivity contribution in [3.63, 3.8) is 0 Å². The Hall–Kier alpha value is -2.11. The lowest BCUT2D eigenvalue weighted by Gasteiger charge is -2.33. The summed E-state index contributed by atoms with van der Waals surface area (Å²) >= 11 is 0. The van der Waals surface area contributed by atoms with Crippen molar-refractivity contribution in [1.29, 1.82) is 0 Å². The van der Waals surface area contributed by atoms with Crippen LogP contribution in [0, 0.1) is 0 Å². The molecule has 0 amide bonds. The highest BCUT2D eigenvalue weighted by Gasteiger charge is 2.23. The largest absolute Gasteiger partial charge is 0.384 e. The maximum absolute atomic E-state index is 5.70. The maximum Gasteiger partial charge on any atom is 0.134 e. The van der Waals surface area contributed by atoms with Gasteiger partial charge in [-0.1, -0.05) is 0 Å². The number of nitrogens with two attached hydrogens (primary N) is 1. The molecule has 94 valence electrons. The van der Waals surface area contributed by atoms with Gasteiger partial charge in [0, 0.05) is 37.0 Å². The third-order valence-corrected chi connectivity index (χ3v) is 3.38. The van der Waals surface area contributed by atoms with E-state index in [4.69, 9.17) is 5.73 Å². The molecule has 0 unspecified atom stereocenters. The van der Waals surface area contributed by atoms with Gasteiger partial charge in [-0.2, -0.15) is 5.10 Å². The summed E-state index contributed by atoms with van der Waals surface area (Å²) in [5.41, 5.74) is 6.90. The summed E-state index contributed by atoms with van der Waals surface area (Å²) in [5, 5.41) is 7.08. The molecule has 1 fully saturated rings. The average molecular weight is 244 g/mol. The van der Waals surface area contributed by atoms with Crippen LogP contribution in [0.4, 0.5) is 11.6 Å². The summed E-state index contributed by atoms with van der Waals surface area (Å²) in [6.07, 6.45) is 5.65. The van der Waals surface area contributed by atoms with Crippen molar-refractivity contribution in [3.8, 4) is 0 Å². The molecular formula is C12H16N6. The molecule has 1 atom stereocenters. The topological polar surface area (TPSA) is 83.7 Å². The van der Waals surface area contributed by atoms with E-state index >= 15 is 0 Å². The number of rotatable bonds is 2. The molecule has 0 radical (unpaired) electrons. The number of hydrogen-bond donors (Lipinski definition) is 2. The average Bonchev–Trinajstić information content (AvgIpc) is 2.93. The number of nitrogens with zero attached hydrogens (tertiary/aromatic N) is 4. The van der Waals surface area contributed by atoms with Gasteiger partial charge in [0.1, 0.15) is 18.0 Å². The van der Waals surface area contributed by atoms with Gasteiger partial charge < -0.3 is 10.6 Å². The highest BCUT2D eigenvalue weighted by molar-refractivity contribution is 5.46. The van der Waals surface area contributed by atoms with E-state index in [1.165, 1.54) is 18.4 Å². The van der Waals surface area contributed by atoms with Crippen LogP contribution in [0.1, 0.15) is 24.5 Å². The molecule has 1 aliphatic rings. The van der Waals surface area contributed by atoms with E-state index in [0.29, 0.717) is 11.7 Å². The maximum atomic E-state index is 5.70. The molecule has 0 spiro atoms. The Kier molecular flexibility index (Phi) is 2.84. The minimum atomic E-state index is 0.484. The first-order valence-corrected chi connectivity index (χ1v) is 6.14. The third-order valence-electron chi connectivity index (χ3n) is 3.38. The first-order chi connectivity index (χ1) is 8.83. The van der Waals surface area contributed by atoms with E-state index in [1.807, 2.05) is 12.1 Å². The van der Waals surface area contributed by atoms with E-state index in [1.54, 1.807) is 6.20 Å². The molecule has 2 aromatic heterocycles. The fourth-order valence-electron chi connectivity index (χ4n) is 2.47. The molecule has 6 heteroatoms. The van der Waals surface area contributed by atoms with Gasteiger partial charge in [-0.05, 0) is 18.9 Å². The highest BCUT2D eigenvalue weighted by atomic mass is 15.2. The summed E-state index contributed by atoms with van der Waals surface area (Å²) in [6, 6.07) is 3.87. The number of piperidine rings is 1. The van der Waals surface area contributed by atoms with Gasteiger partial charge in [-0.15, -0.1) is 0 Å². The lowest BCUT2D eigenvalue weighted by atomic mass is 9.95. The Balaban J connectivity index is 1.78. The van der Waals surface area contributed by atoms with Gasteiger partial charge in [-0.25, -0.2) is 9.97 Å². The fourth-order valence-corrected chi connectivity index (χ4v) is 2.47. The van der Waals surface area contributed by atoms with Crippen LogP contribution >= 0.6 is 0 Å². The predicted octanol–water partition coefficient (Wildman–Crippen LogP) is 1.17. The second-order valence-electron chi connectivity index (χ2n) is 4.60. The molecule has 2 aromatic rings. The predicted molar refractivity (Wildman–Crippen MR) is 69.2 cm³/mol. The smallest absolute Gasteiger partial charge is 0.134 e. The first-order valence-electron chi connectivity index (χ1n) is 6.14. The summed E-state index contributed by atoms with van der Waals surface area (Å²) < 4.78 is 0. The summed E-state index contributed by atoms with van der Waals surface area (Å²) in [6.45, 7) is 1.96. The van der Waals surface area contributed by atoms with Crippen LogP contribution in [0.25, 0.3) is 0 Å². The summed E-state index contributed by atoms with van der Waals surface area (Å²) in [5.74, 6) is 1.91. The molecule has 0 aromatic carbocycles. The quantitative estimate of drug-likeness (QED) is 0.828. The van der Waals surface area contributed by atoms with Gasteiger partial charge in [0.25, 0.3) is 0 Å². The number of aromatic amines is 1. The van der Waals surface area contributed by atoms with Gasteiger partial charge in [0.2, 0.25) is 0 Å². The number of nitrogens with one attached hydrogen (secondary N) is 1. The summed E-state index contributed by atoms with van der Waals surface area (Å²) in [4.78, 5) is 10.5. The van der Waals surface area contributed by atoms with E-state index in [2.05, 4.69) is 25.1 Å². The molecule has 3 N–H and O–H groups in total. The number of anilines is 2. The molecule has 3 heterocycles. The van der Waals surface area contributed by atoms with Gasteiger partial charge in [0.05, 0.1) is 0 Å². The Labute approximate surface area is 105 Å². The second-order valence-corrected chi connectivity index (χ2v) is 4.60. The second kappa shape index (κ2) is 4.64. The van der Waals surface area contributed by atoms with Crippen molar-refractivity contribution in [2.45, 2.75) is 18.8 Å². The minimum Gasteiger partial charge on any atom is -0.384 e. The van der Waals surface area contributed by atoms with Crippen LogP contribution < -0.4 is 10.6 Å². The van der Waals surface area contributed by atoms with E-state index in [0.717, 1.165) is 25.3 Å². The fraction of sp³-hybridized carbons (Fsp3) is 0.417. The van der Waals surface area contributed by atoms with E-state index < -0.39 is 0 Å². The van der Waals surface area contributed by atoms with Crippen molar-refractivity contribution in [2.75, 3.05) is 23.7 Å². The molecule has 6 nitrogen and oxygen atoms in total. The van der Waals surface area contributed by atoms with Crippen LogP contribution in [0.3, 0.4) is 0 Å². The van der Waals surface area contributed by atoms with Gasteiger partial charge in [-0.3, -0.25) is 5.10 Å². The zero-order valence-electron chi connectivity index (χ0n) is 10.1. The van der Waals surface area contributed by atoms with Crippen molar-refractivity contribution in [1.82, 2.24) is 20.2 Å². The van der Waals surface area contributed by atoms with Crippen LogP contribution in [0.2, 0.25) is 0 Å². The Morgan fingerprint density at radius 1 is 1.39 bits per heavy atom. The van der Waals surface area contributed by atoms with Crippen LogP contribution in [-0.2, 0) is 0 Å². The molecule has 0 aliphatic carbocycles. The van der Waals surface area contributed by atoms with Gasteiger partial charge in [0.15, 0.2) is 0 Å². The Bertz CT molecular complexity index is 509. The number of nitrogen functional groups attached to an aromatic ring is 1. The normalized spacial score (nSPS) is 20.0. The number of H-pyrrole nitrogens is 1. The molecule has 0 bridgehead atoms. The molecule has 3 rings (SSSR count). The molecule has 0 saturated carbocycles. The molecule has 1 saturated heterocycles. The standard InChI is InChI=1S/C12H16N6/c13-11-6-12(15-8-14-11)18-5-1-2-9(7-18)10-3-4-16-17-10/h3-4,6,8-9H,1-2,5,7H2,(H,16,17)(H2,13,14,15)/t9-/m0/s1. The highest BCUT2D eigenvalue weighted by Crippen LogP contribution is 2.28. The molecule has 18 heavy (non-hydrogen) atoms. The van der Waals surface area contributed by atoms with Crippen molar-refractivity contribution < 1.29 is 0 Å². The Morgan fingerprint density at radius 2 is 2.33 bits per heavy atom. The van der Waals surface area contributed by atoms with E-state index in [9.17, 15) is 0 Å². The van der Waals surface area contributed by atoms with Gasteiger partial charge >= 0.3 is 0 Å². The van der Waals surface area contributed by atoms with Crippen LogP contribution in [0.15, 0.2) is 24.7 Å². The van der Waals surface area contributed by atoms with Crippen molar-refractivity contribution in [3.05, 3.63) is 30.4 Å². The SMILES string of the molecule is Nc1cc(N2CCC[C@H](c3ccn[nH]3)C2)ncn1. The minimum absolute atomic E-state index is 0.484. The zero-order valence-corrected chi connectivity index (χ0v) is 10.1. The lowest BCUT2D eigenvalue weighted by molar-refractivity contribution is 0.498. The molecule has 1 aliphatic heterocycles. The van der Waals surface area contributed by atoms with Crippen molar-refractivity contribution in [2.24, 2.45) is 0 Å². The number of hydrogen-bond acceptors (Lipinski definition) is 5. The summed E-state index contributed by atoms with van der Waals surface area (Å²) in [7, 11) is 0. The van der Waals surface area contributed by atoms with Crippen LogP contribution in [-0.4, -0.2) is 33.3 Å². The first kappa shape index (κ1) is 11.0. The molecular weight excluding hydrogens is 228 g/mol. The lowest BCUT2D eigenvalue weighted by Crippen LogP contribution is -2.35. The number of aromatic nitrogens is 4. The van der Waals surface area contributed by atoms with E-state index in [-0.39, 0.29) is 0 Å². The Morgan fingerprint density at radius 3 is 3.11 bits per heavy atom. The third kappa shape index (κ3) is 2.13. The van der Waals surface area contributed by atoms with Crippen molar-refractivity contribution >= 4 is 11.6 Å². The monoisotopic (exact) mass is 244 g/mol. The zero-order chi connectivity index (χ0) is 12.4. The van der Waals surface area contributed by atoms with Crippen LogP contribution in [0.5, 0.6) is 0 Å².